The number of phenols is 1. The summed E-state index contributed by atoms with van der Waals surface area (Å²) in [5.74, 6) is 1.78. The third kappa shape index (κ3) is 9.24. The van der Waals surface area contributed by atoms with Gasteiger partial charge < -0.3 is 19.3 Å². The van der Waals surface area contributed by atoms with Gasteiger partial charge in [0, 0.05) is 44.0 Å². The molecule has 1 aromatic heterocycles. The number of aromatic hydroxyl groups is 1. The molecule has 4 heteroatoms. The molecule has 0 atom stereocenters. The van der Waals surface area contributed by atoms with Gasteiger partial charge in [-0.3, -0.25) is 0 Å². The first-order chi connectivity index (χ1) is 42.9. The molecule has 2 aliphatic carbocycles. The second kappa shape index (κ2) is 22.2. The minimum Gasteiger partial charge on any atom is -0.505 e. The highest BCUT2D eigenvalue weighted by atomic mass is 16.3. The SMILES string of the molecule is Cc1ccc(N(c2cccc(-c3cccc(-c4ccccc4C(C)C)c3)c2O)c2cc(C3CCCC3)c3ccc4c(N(c5ccc(C)cc5C)c5cccc6c5oc5c(-c7ccccc7C(C)C)cccc56)cc(C5CCCC5)c5ccc2c3c54)c(C)c1. The molecule has 1 N–H and O–H groups in total. The first-order valence-corrected chi connectivity index (χ1v) is 32.5. The average molecular weight is 1150 g/mol. The summed E-state index contributed by atoms with van der Waals surface area (Å²) in [7, 11) is 0. The number of anilines is 6. The number of fused-ring (bicyclic) bond motifs is 3. The largest absolute Gasteiger partial charge is 0.505 e. The van der Waals surface area contributed by atoms with Crippen LogP contribution in [-0.2, 0) is 0 Å². The fourth-order valence-electron chi connectivity index (χ4n) is 15.9. The minimum absolute atomic E-state index is 0.260. The van der Waals surface area contributed by atoms with Crippen molar-refractivity contribution < 1.29 is 9.52 Å². The molecular weight excluding hydrogens is 1070 g/mol. The third-order valence-electron chi connectivity index (χ3n) is 20.1. The molecule has 2 saturated carbocycles. The Labute approximate surface area is 519 Å². The van der Waals surface area contributed by atoms with Crippen LogP contribution in [0.3, 0.4) is 0 Å². The Kier molecular flexibility index (Phi) is 14.0. The maximum Gasteiger partial charge on any atom is 0.159 e. The summed E-state index contributed by atoms with van der Waals surface area (Å²) in [6.45, 7) is 18.0. The van der Waals surface area contributed by atoms with Crippen LogP contribution in [0.2, 0.25) is 0 Å². The molecular formula is C84H78N2O2. The third-order valence-corrected chi connectivity index (χ3v) is 20.1. The maximum absolute atomic E-state index is 13.3. The molecule has 0 saturated heterocycles. The number of phenolic OH excluding ortho intramolecular Hbond substituents is 1. The van der Waals surface area contributed by atoms with Gasteiger partial charge in [0.2, 0.25) is 0 Å². The first kappa shape index (κ1) is 55.5. The highest BCUT2D eigenvalue weighted by Gasteiger charge is 2.32. The van der Waals surface area contributed by atoms with Gasteiger partial charge in [0.05, 0.1) is 22.7 Å². The smallest absolute Gasteiger partial charge is 0.159 e. The number of rotatable bonds is 13. The number of benzene rings is 12. The number of hydrogen-bond donors (Lipinski definition) is 1. The van der Waals surface area contributed by atoms with Crippen LogP contribution >= 0.6 is 0 Å². The number of furan rings is 1. The Morgan fingerprint density at radius 1 is 0.364 bits per heavy atom. The molecule has 15 rings (SSSR count). The summed E-state index contributed by atoms with van der Waals surface area (Å²) < 4.78 is 7.48. The molecule has 0 amide bonds. The Bertz CT molecular complexity index is 4850. The zero-order valence-corrected chi connectivity index (χ0v) is 52.3. The van der Waals surface area contributed by atoms with E-state index in [0.29, 0.717) is 23.7 Å². The quantitative estimate of drug-likeness (QED) is 0.117. The van der Waals surface area contributed by atoms with E-state index in [9.17, 15) is 5.11 Å². The molecule has 2 aliphatic rings. The molecule has 12 aromatic carbocycles. The van der Waals surface area contributed by atoms with Crippen LogP contribution in [0.25, 0.3) is 87.6 Å². The van der Waals surface area contributed by atoms with Crippen molar-refractivity contribution in [3.05, 3.63) is 245 Å². The van der Waals surface area contributed by atoms with E-state index in [-0.39, 0.29) is 5.75 Å². The molecule has 2 fully saturated rings. The van der Waals surface area contributed by atoms with Crippen LogP contribution in [-0.4, -0.2) is 5.11 Å². The van der Waals surface area contributed by atoms with Crippen LogP contribution in [0.15, 0.2) is 205 Å². The molecule has 0 bridgehead atoms. The molecule has 13 aromatic rings. The zero-order chi connectivity index (χ0) is 60.1. The predicted molar refractivity (Wildman–Crippen MR) is 374 cm³/mol. The highest BCUT2D eigenvalue weighted by Crippen LogP contribution is 2.56. The van der Waals surface area contributed by atoms with E-state index < -0.39 is 0 Å². The first-order valence-electron chi connectivity index (χ1n) is 32.5. The Balaban J connectivity index is 1.02. The lowest BCUT2D eigenvalue weighted by Crippen LogP contribution is -2.15. The Hall–Kier alpha value is -9.12. The van der Waals surface area contributed by atoms with E-state index >= 15 is 0 Å². The predicted octanol–water partition coefficient (Wildman–Crippen LogP) is 24.9. The van der Waals surface area contributed by atoms with Crippen molar-refractivity contribution in [3.63, 3.8) is 0 Å². The van der Waals surface area contributed by atoms with E-state index in [1.165, 1.54) is 108 Å². The van der Waals surface area contributed by atoms with E-state index in [4.69, 9.17) is 4.42 Å². The molecule has 1 heterocycles. The van der Waals surface area contributed by atoms with Crippen molar-refractivity contribution in [2.24, 2.45) is 0 Å². The molecule has 88 heavy (non-hydrogen) atoms. The summed E-state index contributed by atoms with van der Waals surface area (Å²) in [6.07, 6.45) is 9.50. The van der Waals surface area contributed by atoms with Gasteiger partial charge in [0.15, 0.2) is 5.58 Å². The van der Waals surface area contributed by atoms with Crippen molar-refractivity contribution in [2.45, 2.75) is 130 Å². The van der Waals surface area contributed by atoms with Gasteiger partial charge in [0.25, 0.3) is 0 Å². The van der Waals surface area contributed by atoms with Crippen LogP contribution in [0.4, 0.5) is 34.1 Å². The van der Waals surface area contributed by atoms with E-state index in [0.717, 1.165) is 110 Å². The summed E-state index contributed by atoms with van der Waals surface area (Å²) >= 11 is 0. The van der Waals surface area contributed by atoms with Crippen LogP contribution in [0.1, 0.15) is 147 Å². The lowest BCUT2D eigenvalue weighted by atomic mass is 9.82. The fourth-order valence-corrected chi connectivity index (χ4v) is 15.9. The van der Waals surface area contributed by atoms with Crippen molar-refractivity contribution in [1.82, 2.24) is 0 Å². The number of hydrogen-bond acceptors (Lipinski definition) is 4. The molecule has 0 spiro atoms. The van der Waals surface area contributed by atoms with Gasteiger partial charge in [-0.1, -0.05) is 222 Å². The minimum atomic E-state index is 0.260. The normalized spacial score (nSPS) is 14.2. The van der Waals surface area contributed by atoms with Crippen LogP contribution in [0.5, 0.6) is 5.75 Å². The highest BCUT2D eigenvalue weighted by molar-refractivity contribution is 6.30. The lowest BCUT2D eigenvalue weighted by molar-refractivity contribution is 0.478. The standard InChI is InChI=1S/C84H78N2O2/c1-50(2)60-27-13-15-29-62(60)58-25-17-26-59(47-58)63-31-19-35-76(82(63)87)85(74-43-37-52(5)45-54(74)7)78-48-72(56-21-9-10-22-56)65-40-42-71-79(49-73(57-23-11-12-24-57)66-39-41-70(78)80(65)81(66)71)86(75-44-38-53(6)46-55(75)8)77-36-20-34-69-68-33-18-32-67(83(68)88-84(69)77)64-30-16-14-28-61(64)51(3)4/h13-20,25-51,56-57,87H,9-12,21-24H2,1-8H3. The van der Waals surface area contributed by atoms with Gasteiger partial charge in [0.1, 0.15) is 11.3 Å². The summed E-state index contributed by atoms with van der Waals surface area (Å²) in [6, 6.07) is 74.9. The van der Waals surface area contributed by atoms with Crippen molar-refractivity contribution >= 4 is 88.4 Å². The Morgan fingerprint density at radius 2 is 0.807 bits per heavy atom. The van der Waals surface area contributed by atoms with Crippen molar-refractivity contribution in [1.29, 1.82) is 0 Å². The van der Waals surface area contributed by atoms with E-state index in [2.05, 4.69) is 265 Å². The molecule has 436 valence electrons. The van der Waals surface area contributed by atoms with Crippen LogP contribution in [0, 0.1) is 27.7 Å². The van der Waals surface area contributed by atoms with Gasteiger partial charge in [-0.25, -0.2) is 0 Å². The molecule has 0 radical (unpaired) electrons. The van der Waals surface area contributed by atoms with E-state index in [1.54, 1.807) is 0 Å². The van der Waals surface area contributed by atoms with Crippen LogP contribution < -0.4 is 9.80 Å². The van der Waals surface area contributed by atoms with Gasteiger partial charge in [-0.2, -0.15) is 0 Å². The fraction of sp³-hybridized carbons (Fsp3) is 0.238. The lowest BCUT2D eigenvalue weighted by Gasteiger charge is -2.33. The summed E-state index contributed by atoms with van der Waals surface area (Å²) in [5, 5.41) is 23.2. The second-order valence-corrected chi connectivity index (χ2v) is 26.4. The maximum atomic E-state index is 13.3. The molecule has 0 aliphatic heterocycles. The van der Waals surface area contributed by atoms with Gasteiger partial charge in [-0.15, -0.1) is 0 Å². The zero-order valence-electron chi connectivity index (χ0n) is 52.3. The Morgan fingerprint density at radius 3 is 1.38 bits per heavy atom. The number of nitrogens with zero attached hydrogens (tertiary/aromatic N) is 2. The van der Waals surface area contributed by atoms with E-state index in [1.807, 2.05) is 0 Å². The number of aryl methyl sites for hydroxylation is 4. The van der Waals surface area contributed by atoms with Gasteiger partial charge in [-0.05, 0) is 197 Å². The van der Waals surface area contributed by atoms with Crippen molar-refractivity contribution in [3.8, 4) is 39.1 Å². The molecule has 4 nitrogen and oxygen atoms in total. The average Bonchev–Trinajstić information content (AvgIpc) is 1.28. The summed E-state index contributed by atoms with van der Waals surface area (Å²) in [5.41, 5.74) is 24.7. The number of para-hydroxylation sites is 3. The topological polar surface area (TPSA) is 39.9 Å². The second-order valence-electron chi connectivity index (χ2n) is 26.4. The van der Waals surface area contributed by atoms with Crippen molar-refractivity contribution in [2.75, 3.05) is 9.80 Å². The molecule has 0 unspecified atom stereocenters. The van der Waals surface area contributed by atoms with Gasteiger partial charge >= 0.3 is 0 Å². The monoisotopic (exact) mass is 1150 g/mol. The summed E-state index contributed by atoms with van der Waals surface area (Å²) in [4.78, 5) is 4.97.